The van der Waals surface area contributed by atoms with Gasteiger partial charge in [-0.2, -0.15) is 0 Å². The van der Waals surface area contributed by atoms with Gasteiger partial charge < -0.3 is 10.6 Å². The first-order chi connectivity index (χ1) is 7.95. The third-order valence-corrected chi connectivity index (χ3v) is 3.91. The van der Waals surface area contributed by atoms with Gasteiger partial charge in [-0.1, -0.05) is 18.2 Å². The van der Waals surface area contributed by atoms with E-state index in [1.54, 1.807) is 11.1 Å². The summed E-state index contributed by atoms with van der Waals surface area (Å²) in [5.41, 5.74) is 4.77. The van der Waals surface area contributed by atoms with Crippen LogP contribution >= 0.6 is 0 Å². The Kier molecular flexibility index (Phi) is 2.94. The lowest BCUT2D eigenvalue weighted by atomic mass is 9.84. The molecular formula is C14H20N2. The molecule has 0 spiro atoms. The van der Waals surface area contributed by atoms with E-state index in [-0.39, 0.29) is 0 Å². The summed E-state index contributed by atoms with van der Waals surface area (Å²) >= 11 is 0. The minimum atomic E-state index is 0.752. The maximum absolute atomic E-state index is 3.52. The van der Waals surface area contributed by atoms with Crippen LogP contribution < -0.4 is 10.6 Å². The summed E-state index contributed by atoms with van der Waals surface area (Å²) in [6.45, 7) is 4.57. The van der Waals surface area contributed by atoms with Gasteiger partial charge in [0.15, 0.2) is 0 Å². The average Bonchev–Trinajstić information content (AvgIpc) is 2.39. The molecule has 2 aliphatic rings. The van der Waals surface area contributed by atoms with E-state index in [0.717, 1.165) is 19.0 Å². The normalized spacial score (nSPS) is 25.1. The summed E-state index contributed by atoms with van der Waals surface area (Å²) in [5, 5.41) is 6.98. The van der Waals surface area contributed by atoms with Crippen LogP contribution in [-0.4, -0.2) is 19.6 Å². The summed E-state index contributed by atoms with van der Waals surface area (Å²) < 4.78 is 0. The molecule has 2 nitrogen and oxygen atoms in total. The highest BCUT2D eigenvalue weighted by atomic mass is 14.9. The molecule has 1 fully saturated rings. The molecule has 2 heterocycles. The maximum atomic E-state index is 3.52. The van der Waals surface area contributed by atoms with Crippen molar-refractivity contribution in [2.45, 2.75) is 31.7 Å². The van der Waals surface area contributed by atoms with Crippen molar-refractivity contribution < 1.29 is 0 Å². The van der Waals surface area contributed by atoms with E-state index in [4.69, 9.17) is 0 Å². The monoisotopic (exact) mass is 216 g/mol. The first kappa shape index (κ1) is 10.3. The fourth-order valence-electron chi connectivity index (χ4n) is 3.06. The average molecular weight is 216 g/mol. The minimum Gasteiger partial charge on any atom is -0.316 e. The van der Waals surface area contributed by atoms with E-state index in [0.29, 0.717) is 0 Å². The lowest BCUT2D eigenvalue weighted by molar-refractivity contribution is 0.457. The van der Waals surface area contributed by atoms with Gasteiger partial charge in [0.25, 0.3) is 0 Å². The molecule has 0 amide bonds. The maximum Gasteiger partial charge on any atom is 0.0208 e. The topological polar surface area (TPSA) is 24.1 Å². The molecule has 1 saturated heterocycles. The van der Waals surface area contributed by atoms with Crippen LogP contribution in [0.1, 0.15) is 35.4 Å². The minimum absolute atomic E-state index is 0.752. The largest absolute Gasteiger partial charge is 0.316 e. The van der Waals surface area contributed by atoms with E-state index in [9.17, 15) is 0 Å². The van der Waals surface area contributed by atoms with Crippen molar-refractivity contribution in [1.82, 2.24) is 10.6 Å². The van der Waals surface area contributed by atoms with Crippen LogP contribution in [0.3, 0.4) is 0 Å². The van der Waals surface area contributed by atoms with E-state index in [2.05, 4.69) is 28.8 Å². The Balaban J connectivity index is 1.93. The van der Waals surface area contributed by atoms with Crippen molar-refractivity contribution in [3.63, 3.8) is 0 Å². The van der Waals surface area contributed by atoms with Gasteiger partial charge in [-0.25, -0.2) is 0 Å². The zero-order chi connectivity index (χ0) is 10.8. The number of hydrogen-bond donors (Lipinski definition) is 2. The number of hydrogen-bond acceptors (Lipinski definition) is 2. The molecule has 1 aromatic rings. The lowest BCUT2D eigenvalue weighted by Gasteiger charge is -2.28. The molecule has 16 heavy (non-hydrogen) atoms. The number of piperidine rings is 1. The Bertz CT molecular complexity index is 367. The second-order valence-corrected chi connectivity index (χ2v) is 4.95. The summed E-state index contributed by atoms with van der Waals surface area (Å²) in [5.74, 6) is 0.752. The molecule has 0 aromatic heterocycles. The first-order valence-corrected chi connectivity index (χ1v) is 6.47. The predicted octanol–water partition coefficient (Wildman–Crippen LogP) is 1.80. The summed E-state index contributed by atoms with van der Waals surface area (Å²) in [6, 6.07) is 6.86. The number of benzene rings is 1. The molecule has 2 heteroatoms. The molecule has 1 aromatic carbocycles. The first-order valence-electron chi connectivity index (χ1n) is 6.47. The molecule has 1 atom stereocenters. The number of nitrogens with one attached hydrogen (secondary N) is 2. The van der Waals surface area contributed by atoms with Crippen molar-refractivity contribution >= 4 is 0 Å². The summed E-state index contributed by atoms with van der Waals surface area (Å²) in [4.78, 5) is 0. The fourth-order valence-corrected chi connectivity index (χ4v) is 3.06. The highest BCUT2D eigenvalue weighted by Crippen LogP contribution is 2.29. The van der Waals surface area contributed by atoms with Crippen molar-refractivity contribution in [2.75, 3.05) is 19.6 Å². The van der Waals surface area contributed by atoms with Crippen LogP contribution in [0.5, 0.6) is 0 Å². The smallest absolute Gasteiger partial charge is 0.0208 e. The van der Waals surface area contributed by atoms with Crippen LogP contribution in [0.25, 0.3) is 0 Å². The molecule has 2 aliphatic heterocycles. The zero-order valence-electron chi connectivity index (χ0n) is 9.76. The van der Waals surface area contributed by atoms with E-state index in [1.165, 1.54) is 37.9 Å². The number of fused-ring (bicyclic) bond motifs is 1. The van der Waals surface area contributed by atoms with E-state index < -0.39 is 0 Å². The van der Waals surface area contributed by atoms with Crippen molar-refractivity contribution in [2.24, 2.45) is 0 Å². The van der Waals surface area contributed by atoms with Gasteiger partial charge in [-0.05, 0) is 55.0 Å². The van der Waals surface area contributed by atoms with Crippen LogP contribution in [0.2, 0.25) is 0 Å². The van der Waals surface area contributed by atoms with Gasteiger partial charge in [0, 0.05) is 13.1 Å². The molecule has 0 bridgehead atoms. The molecular weight excluding hydrogens is 196 g/mol. The van der Waals surface area contributed by atoms with E-state index >= 15 is 0 Å². The van der Waals surface area contributed by atoms with Gasteiger partial charge in [0.1, 0.15) is 0 Å². The van der Waals surface area contributed by atoms with Crippen molar-refractivity contribution in [3.05, 3.63) is 34.9 Å². The zero-order valence-corrected chi connectivity index (χ0v) is 9.76. The Morgan fingerprint density at radius 2 is 2.12 bits per heavy atom. The van der Waals surface area contributed by atoms with Crippen LogP contribution in [0, 0.1) is 0 Å². The molecule has 2 N–H and O–H groups in total. The summed E-state index contributed by atoms with van der Waals surface area (Å²) in [6.07, 6.45) is 3.89. The molecule has 0 aliphatic carbocycles. The van der Waals surface area contributed by atoms with E-state index in [1.807, 2.05) is 0 Å². The second kappa shape index (κ2) is 4.56. The van der Waals surface area contributed by atoms with Crippen molar-refractivity contribution in [3.8, 4) is 0 Å². The Morgan fingerprint density at radius 1 is 1.12 bits per heavy atom. The highest BCUT2D eigenvalue weighted by molar-refractivity contribution is 5.39. The molecule has 0 radical (unpaired) electrons. The Labute approximate surface area is 97.4 Å². The molecule has 3 rings (SSSR count). The highest BCUT2D eigenvalue weighted by Gasteiger charge is 2.20. The Morgan fingerprint density at radius 3 is 3.00 bits per heavy atom. The predicted molar refractivity (Wildman–Crippen MR) is 66.7 cm³/mol. The SMILES string of the molecule is c1cc2c(c(C3CCCNC3)c1)CCNC2. The van der Waals surface area contributed by atoms with Gasteiger partial charge in [0.2, 0.25) is 0 Å². The third-order valence-electron chi connectivity index (χ3n) is 3.91. The number of rotatable bonds is 1. The van der Waals surface area contributed by atoms with Crippen LogP contribution in [0.15, 0.2) is 18.2 Å². The lowest BCUT2D eigenvalue weighted by Crippen LogP contribution is -2.31. The molecule has 86 valence electrons. The van der Waals surface area contributed by atoms with Gasteiger partial charge in [0.05, 0.1) is 0 Å². The van der Waals surface area contributed by atoms with Crippen LogP contribution in [0.4, 0.5) is 0 Å². The fraction of sp³-hybridized carbons (Fsp3) is 0.571. The molecule has 0 saturated carbocycles. The second-order valence-electron chi connectivity index (χ2n) is 4.95. The Hall–Kier alpha value is -0.860. The van der Waals surface area contributed by atoms with Gasteiger partial charge in [-0.3, -0.25) is 0 Å². The van der Waals surface area contributed by atoms with Crippen molar-refractivity contribution in [1.29, 1.82) is 0 Å². The standard InChI is InChI=1S/C14H20N2/c1-3-11-10-16-8-6-14(11)13(5-1)12-4-2-7-15-9-12/h1,3,5,12,15-16H,2,4,6-10H2. The molecule has 1 unspecified atom stereocenters. The summed E-state index contributed by atoms with van der Waals surface area (Å²) in [7, 11) is 0. The van der Waals surface area contributed by atoms with Gasteiger partial charge >= 0.3 is 0 Å². The third kappa shape index (κ3) is 1.87. The van der Waals surface area contributed by atoms with Gasteiger partial charge in [-0.15, -0.1) is 0 Å². The quantitative estimate of drug-likeness (QED) is 0.748. The van der Waals surface area contributed by atoms with Crippen LogP contribution in [-0.2, 0) is 13.0 Å².